The molecule has 0 radical (unpaired) electrons. The van der Waals surface area contributed by atoms with Gasteiger partial charge in [-0.2, -0.15) is 0 Å². The molecule has 1 aliphatic heterocycles. The van der Waals surface area contributed by atoms with Gasteiger partial charge in [-0.1, -0.05) is 37.3 Å². The van der Waals surface area contributed by atoms with Crippen LogP contribution in [0.5, 0.6) is 0 Å². The van der Waals surface area contributed by atoms with E-state index in [1.54, 1.807) is 0 Å². The van der Waals surface area contributed by atoms with E-state index in [0.717, 1.165) is 38.6 Å². The number of rotatable bonds is 7. The molecule has 2 N–H and O–H groups in total. The molecule has 5 heteroatoms. The second-order valence-electron chi connectivity index (χ2n) is 6.74. The lowest BCUT2D eigenvalue weighted by atomic mass is 10.1. The van der Waals surface area contributed by atoms with Crippen molar-refractivity contribution < 1.29 is 0 Å². The van der Waals surface area contributed by atoms with E-state index >= 15 is 0 Å². The fourth-order valence-electron chi connectivity index (χ4n) is 3.04. The van der Waals surface area contributed by atoms with Crippen LogP contribution in [0.3, 0.4) is 0 Å². The fourth-order valence-corrected chi connectivity index (χ4v) is 3.90. The Balaban J connectivity index is 1.42. The fraction of sp³-hybridized carbons (Fsp3) is 0.381. The van der Waals surface area contributed by atoms with Crippen LogP contribution in [0.4, 0.5) is 5.69 Å². The van der Waals surface area contributed by atoms with E-state index < -0.39 is 0 Å². The normalized spacial score (nSPS) is 15.3. The second-order valence-corrected chi connectivity index (χ2v) is 7.77. The second kappa shape index (κ2) is 9.43. The Morgan fingerprint density at radius 1 is 1.15 bits per heavy atom. The molecule has 0 bridgehead atoms. The lowest BCUT2D eigenvalue weighted by molar-refractivity contribution is 0.562. The van der Waals surface area contributed by atoms with E-state index in [2.05, 4.69) is 81.4 Å². The zero-order valence-corrected chi connectivity index (χ0v) is 16.4. The van der Waals surface area contributed by atoms with Crippen LogP contribution in [0.2, 0.25) is 0 Å². The maximum Gasteiger partial charge on any atom is 0.191 e. The van der Waals surface area contributed by atoms with Gasteiger partial charge in [0.25, 0.3) is 0 Å². The van der Waals surface area contributed by atoms with Crippen LogP contribution in [-0.4, -0.2) is 32.6 Å². The number of thiophene rings is 1. The summed E-state index contributed by atoms with van der Waals surface area (Å²) in [5, 5.41) is 8.98. The van der Waals surface area contributed by atoms with Gasteiger partial charge in [-0.05, 0) is 41.5 Å². The molecule has 26 heavy (non-hydrogen) atoms. The van der Waals surface area contributed by atoms with Crippen molar-refractivity contribution in [3.05, 3.63) is 64.4 Å². The number of hydrogen-bond donors (Lipinski definition) is 2. The predicted molar refractivity (Wildman–Crippen MR) is 113 cm³/mol. The lowest BCUT2D eigenvalue weighted by Gasteiger charge is -2.18. The van der Waals surface area contributed by atoms with Gasteiger partial charge < -0.3 is 15.5 Å². The summed E-state index contributed by atoms with van der Waals surface area (Å²) >= 11 is 1.83. The van der Waals surface area contributed by atoms with Crippen molar-refractivity contribution in [2.75, 3.05) is 31.6 Å². The van der Waals surface area contributed by atoms with Gasteiger partial charge in [0.2, 0.25) is 0 Å². The number of nitrogens with one attached hydrogen (secondary N) is 2. The minimum atomic E-state index is 0.570. The summed E-state index contributed by atoms with van der Waals surface area (Å²) in [5.74, 6) is 1.43. The quantitative estimate of drug-likeness (QED) is 0.445. The Bertz CT molecular complexity index is 711. The van der Waals surface area contributed by atoms with Gasteiger partial charge in [0, 0.05) is 43.8 Å². The van der Waals surface area contributed by atoms with Crippen LogP contribution >= 0.6 is 11.3 Å². The topological polar surface area (TPSA) is 39.7 Å². The average molecular weight is 369 g/mol. The minimum absolute atomic E-state index is 0.570. The SMILES string of the molecule is CN=C(NCc1ccc(N2CC=CC2)cc1)NCC(C)Cc1cccs1. The van der Waals surface area contributed by atoms with Crippen molar-refractivity contribution in [3.8, 4) is 0 Å². The smallest absolute Gasteiger partial charge is 0.191 e. The van der Waals surface area contributed by atoms with Crippen LogP contribution in [0, 0.1) is 5.92 Å². The van der Waals surface area contributed by atoms with Gasteiger partial charge in [0.05, 0.1) is 0 Å². The lowest BCUT2D eigenvalue weighted by Crippen LogP contribution is -2.39. The van der Waals surface area contributed by atoms with Gasteiger partial charge in [-0.3, -0.25) is 4.99 Å². The van der Waals surface area contributed by atoms with Crippen molar-refractivity contribution in [2.45, 2.75) is 19.9 Å². The summed E-state index contributed by atoms with van der Waals surface area (Å²) in [6, 6.07) is 13.1. The molecule has 4 nitrogen and oxygen atoms in total. The Kier molecular flexibility index (Phi) is 6.72. The molecule has 1 aromatic heterocycles. The van der Waals surface area contributed by atoms with Crippen molar-refractivity contribution in [1.29, 1.82) is 0 Å². The standard InChI is InChI=1S/C21H28N4S/c1-17(14-20-6-5-13-26-20)15-23-21(22-2)24-16-18-7-9-19(10-8-18)25-11-3-4-12-25/h3-10,13,17H,11-12,14-16H2,1-2H3,(H2,22,23,24). The Labute approximate surface area is 160 Å². The molecule has 2 heterocycles. The van der Waals surface area contributed by atoms with Crippen molar-refractivity contribution >= 4 is 23.0 Å². The van der Waals surface area contributed by atoms with Crippen LogP contribution in [0.25, 0.3) is 0 Å². The zero-order valence-electron chi connectivity index (χ0n) is 15.6. The highest BCUT2D eigenvalue weighted by Gasteiger charge is 2.08. The van der Waals surface area contributed by atoms with E-state index in [1.165, 1.54) is 16.1 Å². The Hall–Kier alpha value is -2.27. The first-order chi connectivity index (χ1) is 12.7. The molecule has 3 rings (SSSR count). The number of anilines is 1. The molecule has 0 spiro atoms. The first kappa shape index (κ1) is 18.5. The highest BCUT2D eigenvalue weighted by Crippen LogP contribution is 2.17. The first-order valence-electron chi connectivity index (χ1n) is 9.20. The molecule has 1 atom stereocenters. The van der Waals surface area contributed by atoms with Crippen molar-refractivity contribution in [3.63, 3.8) is 0 Å². The average Bonchev–Trinajstić information content (AvgIpc) is 3.36. The largest absolute Gasteiger partial charge is 0.364 e. The summed E-state index contributed by atoms with van der Waals surface area (Å²) in [7, 11) is 1.82. The molecule has 2 aromatic rings. The van der Waals surface area contributed by atoms with Gasteiger partial charge in [-0.15, -0.1) is 11.3 Å². The summed E-state index contributed by atoms with van der Waals surface area (Å²) in [6.07, 6.45) is 5.53. The summed E-state index contributed by atoms with van der Waals surface area (Å²) < 4.78 is 0. The molecule has 1 aromatic carbocycles. The molecule has 0 fully saturated rings. The minimum Gasteiger partial charge on any atom is -0.364 e. The number of benzene rings is 1. The summed E-state index contributed by atoms with van der Waals surface area (Å²) in [5.41, 5.74) is 2.54. The molecule has 0 amide bonds. The molecule has 0 aliphatic carbocycles. The van der Waals surface area contributed by atoms with Gasteiger partial charge in [0.15, 0.2) is 5.96 Å². The zero-order chi connectivity index (χ0) is 18.2. The third-order valence-electron chi connectivity index (χ3n) is 4.55. The Morgan fingerprint density at radius 3 is 2.58 bits per heavy atom. The van der Waals surface area contributed by atoms with Gasteiger partial charge in [0.1, 0.15) is 0 Å². The van der Waals surface area contributed by atoms with Crippen LogP contribution in [-0.2, 0) is 13.0 Å². The van der Waals surface area contributed by atoms with E-state index in [9.17, 15) is 0 Å². The molecular weight excluding hydrogens is 340 g/mol. The van der Waals surface area contributed by atoms with Crippen LogP contribution in [0.15, 0.2) is 58.9 Å². The van der Waals surface area contributed by atoms with E-state index in [4.69, 9.17) is 0 Å². The van der Waals surface area contributed by atoms with Crippen LogP contribution < -0.4 is 15.5 Å². The van der Waals surface area contributed by atoms with Crippen molar-refractivity contribution in [1.82, 2.24) is 10.6 Å². The molecule has 138 valence electrons. The van der Waals surface area contributed by atoms with Gasteiger partial charge in [-0.25, -0.2) is 0 Å². The summed E-state index contributed by atoms with van der Waals surface area (Å²) in [4.78, 5) is 8.13. The predicted octanol–water partition coefficient (Wildman–Crippen LogP) is 3.67. The molecular formula is C21H28N4S. The van der Waals surface area contributed by atoms with E-state index in [0.29, 0.717) is 5.92 Å². The number of nitrogens with zero attached hydrogens (tertiary/aromatic N) is 2. The van der Waals surface area contributed by atoms with Crippen molar-refractivity contribution in [2.24, 2.45) is 10.9 Å². The van der Waals surface area contributed by atoms with Crippen LogP contribution in [0.1, 0.15) is 17.4 Å². The summed E-state index contributed by atoms with van der Waals surface area (Å²) in [6.45, 7) is 5.98. The maximum atomic E-state index is 4.33. The molecule has 0 saturated carbocycles. The molecule has 1 aliphatic rings. The Morgan fingerprint density at radius 2 is 1.92 bits per heavy atom. The van der Waals surface area contributed by atoms with E-state index in [1.807, 2.05) is 18.4 Å². The third kappa shape index (κ3) is 5.36. The third-order valence-corrected chi connectivity index (χ3v) is 5.45. The number of guanidine groups is 1. The number of hydrogen-bond acceptors (Lipinski definition) is 3. The van der Waals surface area contributed by atoms with Gasteiger partial charge >= 0.3 is 0 Å². The van der Waals surface area contributed by atoms with E-state index in [-0.39, 0.29) is 0 Å². The first-order valence-corrected chi connectivity index (χ1v) is 10.1. The monoisotopic (exact) mass is 368 g/mol. The molecule has 1 unspecified atom stereocenters. The maximum absolute atomic E-state index is 4.33. The number of aliphatic imine (C=N–C) groups is 1. The molecule has 0 saturated heterocycles. The highest BCUT2D eigenvalue weighted by atomic mass is 32.1. The highest BCUT2D eigenvalue weighted by molar-refractivity contribution is 7.09.